The Hall–Kier alpha value is -2.56. The Morgan fingerprint density at radius 3 is 1.39 bits per heavy atom. The molecule has 0 spiro atoms. The maximum atomic E-state index is 10.8. The van der Waals surface area contributed by atoms with Crippen LogP contribution in [0.25, 0.3) is 0 Å². The van der Waals surface area contributed by atoms with Crippen LogP contribution in [0.5, 0.6) is 0 Å². The van der Waals surface area contributed by atoms with Gasteiger partial charge in [-0.25, -0.2) is 19.6 Å². The molecule has 0 heterocycles. The first-order valence-corrected chi connectivity index (χ1v) is 4.76. The number of isocyanates is 2. The van der Waals surface area contributed by atoms with Crippen molar-refractivity contribution in [2.75, 3.05) is 13.1 Å². The summed E-state index contributed by atoms with van der Waals surface area (Å²) in [6.07, 6.45) is 1.75. The van der Waals surface area contributed by atoms with E-state index < -0.39 is 23.1 Å². The fourth-order valence-electron chi connectivity index (χ4n) is 1.18. The summed E-state index contributed by atoms with van der Waals surface area (Å²) >= 11 is 0. The zero-order valence-corrected chi connectivity index (χ0v) is 9.17. The standard InChI is InChI=1S/C10H10N2O6/c13-5-11-3-1-7(9(15)16)8(10(17)18)2-4-12-6-14/h1-4H2,(H,15,16)(H,17,18)/p-2/b8-7+. The molecule has 0 saturated carbocycles. The van der Waals surface area contributed by atoms with Gasteiger partial charge in [0.05, 0.1) is 25.0 Å². The van der Waals surface area contributed by atoms with Crippen molar-refractivity contribution in [3.05, 3.63) is 11.1 Å². The average Bonchev–Trinajstić information content (AvgIpc) is 2.31. The van der Waals surface area contributed by atoms with Crippen LogP contribution in [0.4, 0.5) is 0 Å². The molecule has 18 heavy (non-hydrogen) atoms. The second-order valence-corrected chi connectivity index (χ2v) is 2.98. The first-order chi connectivity index (χ1) is 8.54. The topological polar surface area (TPSA) is 139 Å². The van der Waals surface area contributed by atoms with Crippen molar-refractivity contribution in [3.8, 4) is 0 Å². The summed E-state index contributed by atoms with van der Waals surface area (Å²) in [4.78, 5) is 47.4. The lowest BCUT2D eigenvalue weighted by molar-refractivity contribution is -0.304. The van der Waals surface area contributed by atoms with Gasteiger partial charge in [0.2, 0.25) is 12.2 Å². The number of nitrogens with zero attached hydrogens (tertiary/aromatic N) is 2. The van der Waals surface area contributed by atoms with E-state index in [0.29, 0.717) is 0 Å². The number of carbonyl (C=O) groups is 2. The SMILES string of the molecule is O=C=NCC/C(C(=O)[O-])=C(/CCN=C=O)C(=O)[O-]. The Kier molecular flexibility index (Phi) is 7.36. The van der Waals surface area contributed by atoms with Crippen LogP contribution in [-0.2, 0) is 19.2 Å². The molecule has 0 rings (SSSR count). The summed E-state index contributed by atoms with van der Waals surface area (Å²) in [5.74, 6) is -3.41. The molecule has 0 aromatic rings. The minimum atomic E-state index is -1.70. The van der Waals surface area contributed by atoms with E-state index >= 15 is 0 Å². The maximum absolute atomic E-state index is 10.8. The molecular formula is C10H8N2O6-2. The fraction of sp³-hybridized carbons (Fsp3) is 0.400. The van der Waals surface area contributed by atoms with Gasteiger partial charge >= 0.3 is 0 Å². The normalized spacial score (nSPS) is 10.7. The van der Waals surface area contributed by atoms with E-state index in [1.54, 1.807) is 0 Å². The summed E-state index contributed by atoms with van der Waals surface area (Å²) in [6.45, 7) is -0.471. The minimum absolute atomic E-state index is 0.236. The Labute approximate surface area is 101 Å². The molecule has 0 radical (unpaired) electrons. The molecule has 0 fully saturated rings. The molecule has 0 aliphatic heterocycles. The lowest BCUT2D eigenvalue weighted by Gasteiger charge is -2.15. The smallest absolute Gasteiger partial charge is 0.234 e. The van der Waals surface area contributed by atoms with Crippen LogP contribution in [0.3, 0.4) is 0 Å². The first kappa shape index (κ1) is 15.4. The van der Waals surface area contributed by atoms with Gasteiger partial charge in [0.25, 0.3) is 0 Å². The molecule has 8 heteroatoms. The molecule has 0 N–H and O–H groups in total. The van der Waals surface area contributed by atoms with Crippen molar-refractivity contribution in [1.29, 1.82) is 0 Å². The number of carboxylic acids is 2. The highest BCUT2D eigenvalue weighted by Gasteiger charge is 2.09. The van der Waals surface area contributed by atoms with Crippen molar-refractivity contribution in [2.45, 2.75) is 12.8 Å². The van der Waals surface area contributed by atoms with E-state index in [1.807, 2.05) is 0 Å². The molecule has 0 bridgehead atoms. The van der Waals surface area contributed by atoms with Gasteiger partial charge in [-0.15, -0.1) is 0 Å². The molecule has 0 aromatic heterocycles. The summed E-state index contributed by atoms with van der Waals surface area (Å²) in [5.41, 5.74) is -1.09. The van der Waals surface area contributed by atoms with Crippen molar-refractivity contribution >= 4 is 24.1 Å². The van der Waals surface area contributed by atoms with Crippen molar-refractivity contribution in [2.24, 2.45) is 9.98 Å². The van der Waals surface area contributed by atoms with Crippen LogP contribution in [0.15, 0.2) is 21.1 Å². The molecule has 0 amide bonds. The summed E-state index contributed by atoms with van der Waals surface area (Å²) in [5, 5.41) is 21.5. The van der Waals surface area contributed by atoms with Gasteiger partial charge in [0.1, 0.15) is 0 Å². The van der Waals surface area contributed by atoms with Crippen LogP contribution in [0.1, 0.15) is 12.8 Å². The van der Waals surface area contributed by atoms with E-state index in [9.17, 15) is 29.4 Å². The number of aliphatic carboxylic acids is 2. The van der Waals surface area contributed by atoms with Gasteiger partial charge in [-0.3, -0.25) is 0 Å². The van der Waals surface area contributed by atoms with E-state index in [-0.39, 0.29) is 25.9 Å². The molecule has 0 unspecified atom stereocenters. The number of hydrogen-bond donors (Lipinski definition) is 0. The Bertz CT molecular complexity index is 413. The molecule has 0 saturated heterocycles. The molecule has 0 aliphatic carbocycles. The first-order valence-electron chi connectivity index (χ1n) is 4.76. The number of hydrogen-bond acceptors (Lipinski definition) is 8. The second-order valence-electron chi connectivity index (χ2n) is 2.98. The molecular weight excluding hydrogens is 244 g/mol. The Morgan fingerprint density at radius 2 is 1.17 bits per heavy atom. The highest BCUT2D eigenvalue weighted by atomic mass is 16.4. The molecule has 0 aromatic carbocycles. The van der Waals surface area contributed by atoms with Crippen LogP contribution in [0, 0.1) is 0 Å². The lowest BCUT2D eigenvalue weighted by atomic mass is 10.0. The van der Waals surface area contributed by atoms with Gasteiger partial charge in [-0.2, -0.15) is 0 Å². The minimum Gasteiger partial charge on any atom is -0.545 e. The number of carboxylic acid groups (broad SMARTS) is 2. The van der Waals surface area contributed by atoms with Crippen molar-refractivity contribution in [1.82, 2.24) is 0 Å². The van der Waals surface area contributed by atoms with Crippen molar-refractivity contribution in [3.63, 3.8) is 0 Å². The predicted octanol–water partition coefficient (Wildman–Crippen LogP) is -2.77. The number of rotatable bonds is 8. The van der Waals surface area contributed by atoms with Crippen LogP contribution in [0.2, 0.25) is 0 Å². The quantitative estimate of drug-likeness (QED) is 0.260. The van der Waals surface area contributed by atoms with Crippen LogP contribution in [-0.4, -0.2) is 37.2 Å². The molecule has 8 nitrogen and oxygen atoms in total. The van der Waals surface area contributed by atoms with E-state index in [1.165, 1.54) is 12.2 Å². The Balaban J connectivity index is 5.14. The fourth-order valence-corrected chi connectivity index (χ4v) is 1.18. The second kappa shape index (κ2) is 8.58. The third-order valence-electron chi connectivity index (χ3n) is 1.93. The third kappa shape index (κ3) is 5.50. The van der Waals surface area contributed by atoms with Gasteiger partial charge < -0.3 is 19.8 Å². The zero-order chi connectivity index (χ0) is 14.0. The third-order valence-corrected chi connectivity index (χ3v) is 1.93. The van der Waals surface area contributed by atoms with Crippen LogP contribution >= 0.6 is 0 Å². The highest BCUT2D eigenvalue weighted by Crippen LogP contribution is 2.12. The highest BCUT2D eigenvalue weighted by molar-refractivity contribution is 5.97. The number of aliphatic imine (C=N–C) groups is 2. The summed E-state index contributed by atoms with van der Waals surface area (Å²) < 4.78 is 0. The monoisotopic (exact) mass is 252 g/mol. The van der Waals surface area contributed by atoms with Crippen LogP contribution < -0.4 is 10.2 Å². The molecule has 0 aliphatic rings. The predicted molar refractivity (Wildman–Crippen MR) is 52.3 cm³/mol. The summed E-state index contributed by atoms with van der Waals surface area (Å²) in [7, 11) is 0. The number of carbonyl (C=O) groups excluding carboxylic acids is 4. The van der Waals surface area contributed by atoms with E-state index in [0.717, 1.165) is 0 Å². The van der Waals surface area contributed by atoms with Gasteiger partial charge in [0, 0.05) is 0 Å². The lowest BCUT2D eigenvalue weighted by Crippen LogP contribution is -2.32. The molecule has 0 atom stereocenters. The maximum Gasteiger partial charge on any atom is 0.234 e. The van der Waals surface area contributed by atoms with Crippen molar-refractivity contribution < 1.29 is 29.4 Å². The van der Waals surface area contributed by atoms with Gasteiger partial charge in [-0.05, 0) is 24.0 Å². The largest absolute Gasteiger partial charge is 0.545 e. The van der Waals surface area contributed by atoms with E-state index in [4.69, 9.17) is 0 Å². The average molecular weight is 252 g/mol. The van der Waals surface area contributed by atoms with E-state index in [2.05, 4.69) is 9.98 Å². The summed E-state index contributed by atoms with van der Waals surface area (Å²) in [6, 6.07) is 0. The molecule has 96 valence electrons. The van der Waals surface area contributed by atoms with Gasteiger partial charge in [0.15, 0.2) is 0 Å². The van der Waals surface area contributed by atoms with Gasteiger partial charge in [-0.1, -0.05) is 0 Å². The zero-order valence-electron chi connectivity index (χ0n) is 9.17. The Morgan fingerprint density at radius 1 is 0.833 bits per heavy atom.